The Kier molecular flexibility index (Phi) is 5.19. The molecule has 146 valence electrons. The monoisotopic (exact) mass is 397 g/mol. The van der Waals surface area contributed by atoms with Gasteiger partial charge in [0.05, 0.1) is 20.8 Å². The molecule has 1 unspecified atom stereocenters. The number of fused-ring (bicyclic) bond motifs is 1. The molecule has 1 aliphatic heterocycles. The molecule has 1 atom stereocenters. The molecule has 0 fully saturated rings. The van der Waals surface area contributed by atoms with Gasteiger partial charge < -0.3 is 14.4 Å². The molecular formula is C21H25N4O2S+. The van der Waals surface area contributed by atoms with Gasteiger partial charge in [0, 0.05) is 17.7 Å². The molecule has 1 aromatic heterocycles. The number of hydrogen-bond donors (Lipinski definition) is 1. The van der Waals surface area contributed by atoms with Crippen LogP contribution in [0.2, 0.25) is 0 Å². The van der Waals surface area contributed by atoms with Crippen molar-refractivity contribution in [2.24, 2.45) is 0 Å². The molecule has 0 spiro atoms. The fourth-order valence-corrected chi connectivity index (χ4v) is 4.21. The Bertz CT molecular complexity index is 1040. The van der Waals surface area contributed by atoms with Crippen molar-refractivity contribution in [3.8, 4) is 17.2 Å². The van der Waals surface area contributed by atoms with E-state index in [0.29, 0.717) is 0 Å². The summed E-state index contributed by atoms with van der Waals surface area (Å²) in [6, 6.07) is 14.3. The molecule has 28 heavy (non-hydrogen) atoms. The Morgan fingerprint density at radius 3 is 2.43 bits per heavy atom. The number of para-hydroxylation sites is 1. The maximum atomic E-state index is 5.73. The molecule has 0 amide bonds. The van der Waals surface area contributed by atoms with Crippen molar-refractivity contribution in [3.63, 3.8) is 0 Å². The fourth-order valence-electron chi connectivity index (χ4n) is 3.87. The number of aromatic nitrogens is 3. The lowest BCUT2D eigenvalue weighted by molar-refractivity contribution is -0.939. The van der Waals surface area contributed by atoms with Crippen molar-refractivity contribution < 1.29 is 14.4 Å². The number of quaternary nitrogens is 1. The van der Waals surface area contributed by atoms with E-state index in [9.17, 15) is 0 Å². The van der Waals surface area contributed by atoms with Crippen LogP contribution in [-0.4, -0.2) is 35.1 Å². The first-order chi connectivity index (χ1) is 13.6. The first-order valence-corrected chi connectivity index (χ1v) is 9.80. The lowest BCUT2D eigenvalue weighted by atomic mass is 9.99. The van der Waals surface area contributed by atoms with Gasteiger partial charge in [-0.1, -0.05) is 18.2 Å². The molecule has 2 heterocycles. The van der Waals surface area contributed by atoms with Crippen LogP contribution in [0.4, 0.5) is 0 Å². The van der Waals surface area contributed by atoms with E-state index in [-0.39, 0.29) is 0 Å². The molecule has 0 saturated heterocycles. The van der Waals surface area contributed by atoms with E-state index in [2.05, 4.69) is 24.3 Å². The van der Waals surface area contributed by atoms with E-state index in [0.717, 1.165) is 54.0 Å². The highest BCUT2D eigenvalue weighted by molar-refractivity contribution is 7.71. The average molecular weight is 398 g/mol. The number of hydrogen-bond acceptors (Lipinski definition) is 4. The lowest BCUT2D eigenvalue weighted by Gasteiger charge is -2.26. The van der Waals surface area contributed by atoms with Crippen molar-refractivity contribution >= 4 is 12.2 Å². The summed E-state index contributed by atoms with van der Waals surface area (Å²) in [5.41, 5.74) is 3.67. The molecule has 2 aromatic carbocycles. The Morgan fingerprint density at radius 1 is 1.07 bits per heavy atom. The van der Waals surface area contributed by atoms with Crippen molar-refractivity contribution in [1.29, 1.82) is 0 Å². The van der Waals surface area contributed by atoms with Gasteiger partial charge in [-0.15, -0.1) is 0 Å². The van der Waals surface area contributed by atoms with E-state index in [1.165, 1.54) is 16.0 Å². The summed E-state index contributed by atoms with van der Waals surface area (Å²) in [7, 11) is 3.35. The van der Waals surface area contributed by atoms with Gasteiger partial charge in [-0.05, 0) is 49.0 Å². The summed E-state index contributed by atoms with van der Waals surface area (Å²) in [4.78, 5) is 1.42. The molecule has 0 saturated carbocycles. The van der Waals surface area contributed by atoms with E-state index in [1.54, 1.807) is 14.2 Å². The summed E-state index contributed by atoms with van der Waals surface area (Å²) in [5, 5.41) is 4.71. The highest BCUT2D eigenvalue weighted by Gasteiger charge is 2.23. The Morgan fingerprint density at radius 2 is 1.75 bits per heavy atom. The molecule has 7 heteroatoms. The van der Waals surface area contributed by atoms with Crippen LogP contribution in [0.1, 0.15) is 17.0 Å². The van der Waals surface area contributed by atoms with Crippen molar-refractivity contribution in [2.75, 3.05) is 20.8 Å². The third kappa shape index (κ3) is 3.43. The molecule has 3 aromatic rings. The summed E-state index contributed by atoms with van der Waals surface area (Å²) >= 11 is 5.73. The SMILES string of the molecule is COc1cc2c(cc1OC)C[NH+](Cn1nc(C)n(-c3ccccc3)c1=S)CC2. The zero-order valence-electron chi connectivity index (χ0n) is 16.4. The first-order valence-electron chi connectivity index (χ1n) is 9.40. The molecule has 1 aliphatic rings. The highest BCUT2D eigenvalue weighted by atomic mass is 32.1. The molecule has 0 radical (unpaired) electrons. The predicted molar refractivity (Wildman–Crippen MR) is 110 cm³/mol. The number of nitrogens with zero attached hydrogens (tertiary/aromatic N) is 3. The van der Waals surface area contributed by atoms with Crippen molar-refractivity contribution in [2.45, 2.75) is 26.6 Å². The van der Waals surface area contributed by atoms with Gasteiger partial charge in [-0.2, -0.15) is 9.78 Å². The second-order valence-electron chi connectivity index (χ2n) is 7.06. The smallest absolute Gasteiger partial charge is 0.207 e. The van der Waals surface area contributed by atoms with Gasteiger partial charge >= 0.3 is 0 Å². The van der Waals surface area contributed by atoms with Crippen molar-refractivity contribution in [1.82, 2.24) is 14.3 Å². The Hall–Kier alpha value is -2.64. The van der Waals surface area contributed by atoms with Gasteiger partial charge in [0.15, 0.2) is 18.2 Å². The minimum absolute atomic E-state index is 0.731. The number of nitrogens with one attached hydrogen (secondary N) is 1. The standard InChI is InChI=1S/C21H24N4O2S/c1-15-22-24(21(28)25(15)18-7-5-4-6-8-18)14-23-10-9-16-11-19(26-2)20(27-3)12-17(16)13-23/h4-8,11-12H,9-10,13-14H2,1-3H3/p+1. The van der Waals surface area contributed by atoms with Crippen LogP contribution in [0.5, 0.6) is 11.5 Å². The van der Waals surface area contributed by atoms with Gasteiger partial charge in [-0.3, -0.25) is 4.57 Å². The maximum absolute atomic E-state index is 5.73. The van der Waals surface area contributed by atoms with E-state index >= 15 is 0 Å². The van der Waals surface area contributed by atoms with E-state index in [4.69, 9.17) is 26.8 Å². The largest absolute Gasteiger partial charge is 0.493 e. The normalized spacial score (nSPS) is 15.9. The number of methoxy groups -OCH3 is 2. The second kappa shape index (κ2) is 7.77. The highest BCUT2D eigenvalue weighted by Crippen LogP contribution is 2.31. The topological polar surface area (TPSA) is 45.6 Å². The van der Waals surface area contributed by atoms with Crippen LogP contribution >= 0.6 is 12.2 Å². The molecule has 0 aliphatic carbocycles. The van der Waals surface area contributed by atoms with E-state index < -0.39 is 0 Å². The number of ether oxygens (including phenoxy) is 2. The quantitative estimate of drug-likeness (QED) is 0.672. The zero-order chi connectivity index (χ0) is 19.7. The van der Waals surface area contributed by atoms with Crippen LogP contribution in [-0.2, 0) is 19.6 Å². The van der Waals surface area contributed by atoms with Gasteiger partial charge in [0.25, 0.3) is 0 Å². The second-order valence-corrected chi connectivity index (χ2v) is 7.43. The summed E-state index contributed by atoms with van der Waals surface area (Å²) < 4.78 is 15.6. The van der Waals surface area contributed by atoms with Gasteiger partial charge in [0.1, 0.15) is 12.4 Å². The fraction of sp³-hybridized carbons (Fsp3) is 0.333. The average Bonchev–Trinajstić information content (AvgIpc) is 3.00. The molecule has 4 rings (SSSR count). The van der Waals surface area contributed by atoms with Crippen LogP contribution in [0, 0.1) is 11.7 Å². The van der Waals surface area contributed by atoms with Crippen LogP contribution in [0.25, 0.3) is 5.69 Å². The van der Waals surface area contributed by atoms with E-state index in [1.807, 2.05) is 34.4 Å². The Balaban J connectivity index is 1.58. The molecule has 6 nitrogen and oxygen atoms in total. The van der Waals surface area contributed by atoms with Gasteiger partial charge in [-0.25, -0.2) is 0 Å². The first kappa shape index (κ1) is 18.7. The zero-order valence-corrected chi connectivity index (χ0v) is 17.3. The van der Waals surface area contributed by atoms with Crippen molar-refractivity contribution in [3.05, 3.63) is 64.2 Å². The summed E-state index contributed by atoms with van der Waals surface area (Å²) in [6.45, 7) is 4.68. The molecule has 0 bridgehead atoms. The maximum Gasteiger partial charge on any atom is 0.207 e. The summed E-state index contributed by atoms with van der Waals surface area (Å²) in [6.07, 6.45) is 0.997. The number of rotatable bonds is 5. The Labute approximate surface area is 169 Å². The predicted octanol–water partition coefficient (Wildman–Crippen LogP) is 2.33. The van der Waals surface area contributed by atoms with Gasteiger partial charge in [0.2, 0.25) is 4.77 Å². The number of aryl methyl sites for hydroxylation is 1. The lowest BCUT2D eigenvalue weighted by Crippen LogP contribution is -3.11. The third-order valence-corrected chi connectivity index (χ3v) is 5.68. The summed E-state index contributed by atoms with van der Waals surface area (Å²) in [5.74, 6) is 2.48. The minimum atomic E-state index is 0.731. The van der Waals surface area contributed by atoms with Crippen LogP contribution in [0.3, 0.4) is 0 Å². The minimum Gasteiger partial charge on any atom is -0.493 e. The third-order valence-electron chi connectivity index (χ3n) is 5.28. The number of benzene rings is 2. The molecule has 1 N–H and O–H groups in total. The van der Waals surface area contributed by atoms with Crippen LogP contribution in [0.15, 0.2) is 42.5 Å². The molecular weight excluding hydrogens is 372 g/mol. The van der Waals surface area contributed by atoms with Crippen LogP contribution < -0.4 is 14.4 Å².